The summed E-state index contributed by atoms with van der Waals surface area (Å²) in [4.78, 5) is 25.9. The molecule has 1 aliphatic rings. The van der Waals surface area contributed by atoms with Gasteiger partial charge in [-0.25, -0.2) is 0 Å². The topological polar surface area (TPSA) is 49.4 Å². The molecule has 1 aliphatic heterocycles. The summed E-state index contributed by atoms with van der Waals surface area (Å²) in [6, 6.07) is -0.397. The van der Waals surface area contributed by atoms with Gasteiger partial charge in [0.05, 0.1) is 0 Å². The van der Waals surface area contributed by atoms with Gasteiger partial charge in [0.1, 0.15) is 5.54 Å². The zero-order valence-corrected chi connectivity index (χ0v) is 13.2. The first-order chi connectivity index (χ1) is 9.65. The summed E-state index contributed by atoms with van der Waals surface area (Å²) in [6.07, 6.45) is 0.956. The van der Waals surface area contributed by atoms with Crippen LogP contribution in [0.4, 0.5) is 13.2 Å². The van der Waals surface area contributed by atoms with E-state index >= 15 is 0 Å². The summed E-state index contributed by atoms with van der Waals surface area (Å²) in [5, 5.41) is 2.75. The first-order valence-corrected chi connectivity index (χ1v) is 7.96. The summed E-state index contributed by atoms with van der Waals surface area (Å²) in [5.41, 5.74) is -5.30. The molecule has 1 rings (SSSR count). The Morgan fingerprint density at radius 3 is 2.38 bits per heavy atom. The highest BCUT2D eigenvalue weighted by Gasteiger charge is 2.44. The molecule has 1 unspecified atom stereocenters. The first-order valence-electron chi connectivity index (χ1n) is 6.98. The fourth-order valence-corrected chi connectivity index (χ4v) is 3.06. The Hall–Kier alpha value is -0.920. The lowest BCUT2D eigenvalue weighted by molar-refractivity contribution is -0.140. The highest BCUT2D eigenvalue weighted by molar-refractivity contribution is 8.00. The summed E-state index contributed by atoms with van der Waals surface area (Å²) in [7, 11) is 0. The second kappa shape index (κ2) is 6.89. The highest BCUT2D eigenvalue weighted by Crippen LogP contribution is 2.31. The number of amides is 2. The van der Waals surface area contributed by atoms with E-state index in [4.69, 9.17) is 0 Å². The lowest BCUT2D eigenvalue weighted by atomic mass is 9.91. The van der Waals surface area contributed by atoms with Gasteiger partial charge in [0.2, 0.25) is 11.8 Å². The predicted octanol–water partition coefficient (Wildman–Crippen LogP) is 2.54. The van der Waals surface area contributed by atoms with Crippen LogP contribution in [0, 0.1) is 0 Å². The van der Waals surface area contributed by atoms with E-state index in [-0.39, 0.29) is 42.3 Å². The molecule has 2 amide bonds. The van der Waals surface area contributed by atoms with E-state index in [0.29, 0.717) is 12.8 Å². The number of carbonyl (C=O) groups excluding carboxylic acids is 2. The third kappa shape index (κ3) is 4.52. The van der Waals surface area contributed by atoms with Gasteiger partial charge in [-0.05, 0) is 31.5 Å². The summed E-state index contributed by atoms with van der Waals surface area (Å²) >= 11 is -0.145. The van der Waals surface area contributed by atoms with Crippen LogP contribution in [-0.4, -0.2) is 46.1 Å². The number of nitrogens with one attached hydrogen (secondary N) is 1. The number of hydrogen-bond donors (Lipinski definition) is 1. The van der Waals surface area contributed by atoms with E-state index < -0.39 is 17.1 Å². The summed E-state index contributed by atoms with van der Waals surface area (Å²) < 4.78 is 36.7. The summed E-state index contributed by atoms with van der Waals surface area (Å²) in [5.74, 6) is -0.740. The van der Waals surface area contributed by atoms with Gasteiger partial charge in [-0.2, -0.15) is 13.2 Å². The van der Waals surface area contributed by atoms with Crippen LogP contribution in [0.2, 0.25) is 0 Å². The van der Waals surface area contributed by atoms with Crippen molar-refractivity contribution < 1.29 is 22.8 Å². The average molecular weight is 326 g/mol. The van der Waals surface area contributed by atoms with Crippen molar-refractivity contribution in [3.63, 3.8) is 0 Å². The second-order valence-corrected chi connectivity index (χ2v) is 6.34. The molecule has 0 saturated carbocycles. The third-order valence-electron chi connectivity index (χ3n) is 3.87. The smallest absolute Gasteiger partial charge is 0.342 e. The van der Waals surface area contributed by atoms with Crippen molar-refractivity contribution in [3.05, 3.63) is 0 Å². The van der Waals surface area contributed by atoms with Crippen molar-refractivity contribution in [2.24, 2.45) is 0 Å². The molecule has 1 fully saturated rings. The van der Waals surface area contributed by atoms with E-state index in [1.807, 2.05) is 0 Å². The van der Waals surface area contributed by atoms with E-state index in [9.17, 15) is 22.8 Å². The molecule has 1 heterocycles. The molecule has 4 nitrogen and oxygen atoms in total. The molecule has 0 aromatic heterocycles. The van der Waals surface area contributed by atoms with Gasteiger partial charge < -0.3 is 10.2 Å². The van der Waals surface area contributed by atoms with Crippen molar-refractivity contribution in [1.82, 2.24) is 10.2 Å². The van der Waals surface area contributed by atoms with Gasteiger partial charge in [-0.3, -0.25) is 9.59 Å². The first kappa shape index (κ1) is 18.1. The van der Waals surface area contributed by atoms with Crippen LogP contribution in [0.25, 0.3) is 0 Å². The quantitative estimate of drug-likeness (QED) is 0.845. The maximum Gasteiger partial charge on any atom is 0.441 e. The zero-order valence-electron chi connectivity index (χ0n) is 12.4. The van der Waals surface area contributed by atoms with Crippen molar-refractivity contribution in [3.8, 4) is 0 Å². The normalized spacial score (nSPS) is 23.0. The molecule has 1 atom stereocenters. The van der Waals surface area contributed by atoms with E-state index in [2.05, 4.69) is 5.32 Å². The maximum atomic E-state index is 12.7. The highest BCUT2D eigenvalue weighted by atomic mass is 32.2. The molecule has 0 bridgehead atoms. The van der Waals surface area contributed by atoms with Gasteiger partial charge in [0.15, 0.2) is 0 Å². The molecular formula is C13H21F3N2O2S. The zero-order chi connectivity index (χ0) is 16.3. The van der Waals surface area contributed by atoms with Crippen LogP contribution in [0.1, 0.15) is 40.0 Å². The Morgan fingerprint density at radius 2 is 1.90 bits per heavy atom. The Kier molecular flexibility index (Phi) is 5.95. The fourth-order valence-electron chi connectivity index (χ4n) is 2.54. The van der Waals surface area contributed by atoms with Crippen LogP contribution in [-0.2, 0) is 9.59 Å². The minimum absolute atomic E-state index is 0.0130. The Morgan fingerprint density at radius 1 is 1.33 bits per heavy atom. The van der Waals surface area contributed by atoms with Gasteiger partial charge in [0.25, 0.3) is 0 Å². The van der Waals surface area contributed by atoms with Gasteiger partial charge in [-0.1, -0.05) is 13.8 Å². The fraction of sp³-hybridized carbons (Fsp3) is 0.846. The lowest BCUT2D eigenvalue weighted by Gasteiger charge is -2.35. The number of rotatable bonds is 5. The van der Waals surface area contributed by atoms with Crippen molar-refractivity contribution >= 4 is 23.6 Å². The minimum atomic E-state index is -4.31. The molecule has 21 heavy (non-hydrogen) atoms. The second-order valence-electron chi connectivity index (χ2n) is 5.18. The standard InChI is InChI=1S/C13H21F3N2O2S/c1-4-12(5-2)11(20)18(6-7-21-13(14,15)16)9(3)8-10(19)17-12/h9H,4-8H2,1-3H3,(H,17,19). The van der Waals surface area contributed by atoms with Crippen molar-refractivity contribution in [2.45, 2.75) is 57.1 Å². The number of halogens is 3. The molecule has 1 N–H and O–H groups in total. The Balaban J connectivity index is 2.88. The van der Waals surface area contributed by atoms with E-state index in [1.54, 1.807) is 20.8 Å². The molecule has 0 radical (unpaired) electrons. The summed E-state index contributed by atoms with van der Waals surface area (Å²) in [6.45, 7) is 5.26. The van der Waals surface area contributed by atoms with Crippen LogP contribution in [0.5, 0.6) is 0 Å². The van der Waals surface area contributed by atoms with Crippen molar-refractivity contribution in [2.75, 3.05) is 12.3 Å². The molecule has 1 saturated heterocycles. The van der Waals surface area contributed by atoms with Crippen molar-refractivity contribution in [1.29, 1.82) is 0 Å². The van der Waals surface area contributed by atoms with Crippen LogP contribution in [0.3, 0.4) is 0 Å². The third-order valence-corrected chi connectivity index (χ3v) is 4.58. The molecule has 0 aromatic carbocycles. The monoisotopic (exact) mass is 326 g/mol. The average Bonchev–Trinajstić information content (AvgIpc) is 2.46. The lowest BCUT2D eigenvalue weighted by Crippen LogP contribution is -2.57. The van der Waals surface area contributed by atoms with Crippen LogP contribution < -0.4 is 5.32 Å². The van der Waals surface area contributed by atoms with Crippen LogP contribution in [0.15, 0.2) is 0 Å². The minimum Gasteiger partial charge on any atom is -0.342 e. The Bertz CT molecular complexity index is 397. The largest absolute Gasteiger partial charge is 0.441 e. The number of carbonyl (C=O) groups is 2. The molecule has 8 heteroatoms. The van der Waals surface area contributed by atoms with Gasteiger partial charge >= 0.3 is 5.51 Å². The molecule has 0 aromatic rings. The number of nitrogens with zero attached hydrogens (tertiary/aromatic N) is 1. The SMILES string of the molecule is CCC1(CC)NC(=O)CC(C)N(CCSC(F)(F)F)C1=O. The number of hydrogen-bond acceptors (Lipinski definition) is 3. The van der Waals surface area contributed by atoms with E-state index in [1.165, 1.54) is 4.90 Å². The van der Waals surface area contributed by atoms with Gasteiger partial charge in [0, 0.05) is 24.8 Å². The molecule has 0 spiro atoms. The molecule has 0 aliphatic carbocycles. The molecular weight excluding hydrogens is 305 g/mol. The van der Waals surface area contributed by atoms with Gasteiger partial charge in [-0.15, -0.1) is 0 Å². The Labute approximate surface area is 126 Å². The predicted molar refractivity (Wildman–Crippen MR) is 75.8 cm³/mol. The molecule has 122 valence electrons. The maximum absolute atomic E-state index is 12.7. The van der Waals surface area contributed by atoms with Crippen LogP contribution >= 0.6 is 11.8 Å². The van der Waals surface area contributed by atoms with E-state index in [0.717, 1.165) is 0 Å². The number of alkyl halides is 3. The number of thioether (sulfide) groups is 1.